The molecule has 0 atom stereocenters. The van der Waals surface area contributed by atoms with Gasteiger partial charge in [-0.3, -0.25) is 0 Å². The molecule has 0 aliphatic heterocycles. The van der Waals surface area contributed by atoms with Crippen LogP contribution in [-0.4, -0.2) is 23.3 Å². The molecule has 0 aliphatic rings. The van der Waals surface area contributed by atoms with Gasteiger partial charge in [0.2, 0.25) is 0 Å². The average Bonchev–Trinajstić information content (AvgIpc) is 2.29. The maximum atomic E-state index is 11.0. The van der Waals surface area contributed by atoms with Crippen LogP contribution in [0.5, 0.6) is 0 Å². The van der Waals surface area contributed by atoms with E-state index in [1.54, 1.807) is 12.1 Å². The number of unbranched alkanes of at least 4 members (excludes halogenated alkanes) is 1. The predicted molar refractivity (Wildman–Crippen MR) is 55.2 cm³/mol. The molecular weight excluding hydrogens is 192 g/mol. The van der Waals surface area contributed by atoms with Crippen molar-refractivity contribution in [3.63, 3.8) is 0 Å². The molecule has 0 fully saturated rings. The van der Waals surface area contributed by atoms with Gasteiger partial charge in [-0.05, 0) is 24.5 Å². The predicted octanol–water partition coefficient (Wildman–Crippen LogP) is 1.41. The zero-order chi connectivity index (χ0) is 11.1. The summed E-state index contributed by atoms with van der Waals surface area (Å²) in [6.45, 7) is 2.06. The van der Waals surface area contributed by atoms with Crippen molar-refractivity contribution in [1.29, 1.82) is 0 Å². The molecule has 4 nitrogen and oxygen atoms in total. The van der Waals surface area contributed by atoms with Gasteiger partial charge in [-0.25, -0.2) is 4.79 Å². The summed E-state index contributed by atoms with van der Waals surface area (Å²) < 4.78 is 4.50. The van der Waals surface area contributed by atoms with Crippen molar-refractivity contribution in [2.24, 2.45) is 0 Å². The van der Waals surface area contributed by atoms with Crippen LogP contribution in [0.25, 0.3) is 0 Å². The smallest absolute Gasteiger partial charge is 0.358 e. The highest BCUT2D eigenvalue weighted by molar-refractivity contribution is 5.86. The van der Waals surface area contributed by atoms with Crippen LogP contribution < -0.4 is 0 Å². The number of aromatic nitrogens is 2. The molecule has 1 aromatic rings. The Labute approximate surface area is 88.7 Å². The molecule has 4 heteroatoms. The fourth-order valence-electron chi connectivity index (χ4n) is 0.890. The van der Waals surface area contributed by atoms with Crippen LogP contribution in [-0.2, 0) is 4.74 Å². The van der Waals surface area contributed by atoms with Crippen LogP contribution in [0, 0.1) is 11.8 Å². The van der Waals surface area contributed by atoms with Gasteiger partial charge in [0.15, 0.2) is 5.69 Å². The number of nitrogens with zero attached hydrogens (tertiary/aromatic N) is 2. The molecule has 0 amide bonds. The van der Waals surface area contributed by atoms with E-state index < -0.39 is 5.97 Å². The van der Waals surface area contributed by atoms with Gasteiger partial charge in [-0.15, -0.1) is 10.2 Å². The number of rotatable bonds is 2. The van der Waals surface area contributed by atoms with Crippen LogP contribution in [0.1, 0.15) is 35.9 Å². The van der Waals surface area contributed by atoms with Gasteiger partial charge in [0, 0.05) is 6.42 Å². The highest BCUT2D eigenvalue weighted by atomic mass is 16.5. The Hall–Kier alpha value is -1.89. The molecule has 0 aliphatic carbocycles. The topological polar surface area (TPSA) is 52.1 Å². The summed E-state index contributed by atoms with van der Waals surface area (Å²) in [6, 6.07) is 3.21. The summed E-state index contributed by atoms with van der Waals surface area (Å²) in [4.78, 5) is 11.0. The summed E-state index contributed by atoms with van der Waals surface area (Å²) in [7, 11) is 1.30. The second-order valence-corrected chi connectivity index (χ2v) is 2.85. The molecular formula is C11H12N2O2. The second-order valence-electron chi connectivity index (χ2n) is 2.85. The first-order chi connectivity index (χ1) is 7.27. The lowest BCUT2D eigenvalue weighted by molar-refractivity contribution is 0.0592. The third-order valence-electron chi connectivity index (χ3n) is 1.65. The third-order valence-corrected chi connectivity index (χ3v) is 1.65. The minimum absolute atomic E-state index is 0.193. The van der Waals surface area contributed by atoms with E-state index in [1.807, 2.05) is 0 Å². The van der Waals surface area contributed by atoms with E-state index in [0.29, 0.717) is 5.69 Å². The fourth-order valence-corrected chi connectivity index (χ4v) is 0.890. The van der Waals surface area contributed by atoms with E-state index in [0.717, 1.165) is 12.8 Å². The van der Waals surface area contributed by atoms with Gasteiger partial charge in [-0.2, -0.15) is 0 Å². The summed E-state index contributed by atoms with van der Waals surface area (Å²) >= 11 is 0. The first-order valence-electron chi connectivity index (χ1n) is 4.69. The number of methoxy groups -OCH3 is 1. The van der Waals surface area contributed by atoms with Gasteiger partial charge in [0.1, 0.15) is 5.69 Å². The number of carbonyl (C=O) groups excluding carboxylic acids is 1. The first kappa shape index (κ1) is 11.2. The number of ether oxygens (including phenoxy) is 1. The van der Waals surface area contributed by atoms with E-state index in [4.69, 9.17) is 0 Å². The molecule has 1 aromatic heterocycles. The van der Waals surface area contributed by atoms with Gasteiger partial charge >= 0.3 is 5.97 Å². The average molecular weight is 204 g/mol. The molecule has 0 radical (unpaired) electrons. The number of carbonyl (C=O) groups is 1. The Morgan fingerprint density at radius 1 is 1.47 bits per heavy atom. The lowest BCUT2D eigenvalue weighted by Gasteiger charge is -1.95. The van der Waals surface area contributed by atoms with Crippen LogP contribution in [0.15, 0.2) is 12.1 Å². The fraction of sp³-hybridized carbons (Fsp3) is 0.364. The minimum atomic E-state index is -0.490. The summed E-state index contributed by atoms with van der Waals surface area (Å²) in [5.41, 5.74) is 0.759. The van der Waals surface area contributed by atoms with Crippen molar-refractivity contribution in [3.8, 4) is 11.8 Å². The number of esters is 1. The second kappa shape index (κ2) is 5.76. The SMILES string of the molecule is CCCC#Cc1ccc(C(=O)OC)nn1. The van der Waals surface area contributed by atoms with Crippen LogP contribution in [0.2, 0.25) is 0 Å². The van der Waals surface area contributed by atoms with Gasteiger partial charge < -0.3 is 4.74 Å². The maximum Gasteiger partial charge on any atom is 0.358 e. The Morgan fingerprint density at radius 3 is 2.80 bits per heavy atom. The zero-order valence-corrected chi connectivity index (χ0v) is 8.78. The molecule has 0 saturated carbocycles. The molecule has 0 unspecified atom stereocenters. The highest BCUT2D eigenvalue weighted by Gasteiger charge is 2.06. The first-order valence-corrected chi connectivity index (χ1v) is 4.69. The molecule has 1 heterocycles. The van der Waals surface area contributed by atoms with Crippen molar-refractivity contribution >= 4 is 5.97 Å². The van der Waals surface area contributed by atoms with E-state index in [-0.39, 0.29) is 5.69 Å². The molecule has 0 aromatic carbocycles. The Balaban J connectivity index is 2.73. The summed E-state index contributed by atoms with van der Waals surface area (Å²) in [5, 5.41) is 7.50. The van der Waals surface area contributed by atoms with Crippen LogP contribution in [0.3, 0.4) is 0 Å². The molecule has 0 spiro atoms. The molecule has 0 bridgehead atoms. The van der Waals surface area contributed by atoms with E-state index in [2.05, 4.69) is 33.7 Å². The standard InChI is InChI=1S/C11H12N2O2/c1-3-4-5-6-9-7-8-10(13-12-9)11(14)15-2/h7-8H,3-4H2,1-2H3. The lowest BCUT2D eigenvalue weighted by atomic mass is 10.3. The highest BCUT2D eigenvalue weighted by Crippen LogP contribution is 1.97. The minimum Gasteiger partial charge on any atom is -0.464 e. The van der Waals surface area contributed by atoms with E-state index in [1.165, 1.54) is 7.11 Å². The van der Waals surface area contributed by atoms with Gasteiger partial charge in [0.25, 0.3) is 0 Å². The zero-order valence-electron chi connectivity index (χ0n) is 8.78. The quantitative estimate of drug-likeness (QED) is 0.540. The summed E-state index contributed by atoms with van der Waals surface area (Å²) in [5.74, 6) is 5.31. The maximum absolute atomic E-state index is 11.0. The Bertz CT molecular complexity index is 387. The third kappa shape index (κ3) is 3.39. The van der Waals surface area contributed by atoms with Crippen molar-refractivity contribution in [1.82, 2.24) is 10.2 Å². The molecule has 1 rings (SSSR count). The van der Waals surface area contributed by atoms with Crippen LogP contribution in [0.4, 0.5) is 0 Å². The Kier molecular flexibility index (Phi) is 4.30. The lowest BCUT2D eigenvalue weighted by Crippen LogP contribution is -2.05. The molecule has 78 valence electrons. The number of hydrogen-bond donors (Lipinski definition) is 0. The monoisotopic (exact) mass is 204 g/mol. The van der Waals surface area contributed by atoms with Crippen molar-refractivity contribution in [3.05, 3.63) is 23.5 Å². The van der Waals surface area contributed by atoms with Crippen LogP contribution >= 0.6 is 0 Å². The van der Waals surface area contributed by atoms with Gasteiger partial charge in [-0.1, -0.05) is 12.8 Å². The van der Waals surface area contributed by atoms with Gasteiger partial charge in [0.05, 0.1) is 7.11 Å². The normalized spacial score (nSPS) is 8.93. The largest absolute Gasteiger partial charge is 0.464 e. The molecule has 0 saturated heterocycles. The van der Waals surface area contributed by atoms with E-state index in [9.17, 15) is 4.79 Å². The summed E-state index contributed by atoms with van der Waals surface area (Å²) in [6.07, 6.45) is 1.85. The Morgan fingerprint density at radius 2 is 2.27 bits per heavy atom. The molecule has 15 heavy (non-hydrogen) atoms. The van der Waals surface area contributed by atoms with Crippen molar-refractivity contribution < 1.29 is 9.53 Å². The van der Waals surface area contributed by atoms with Crippen molar-refractivity contribution in [2.75, 3.05) is 7.11 Å². The number of hydrogen-bond acceptors (Lipinski definition) is 4. The van der Waals surface area contributed by atoms with E-state index >= 15 is 0 Å². The molecule has 0 N–H and O–H groups in total. The van der Waals surface area contributed by atoms with Crippen molar-refractivity contribution in [2.45, 2.75) is 19.8 Å².